The molecule has 3 heterocycles. The summed E-state index contributed by atoms with van der Waals surface area (Å²) in [6.45, 7) is 4.10. The number of ketones is 2. The highest BCUT2D eigenvalue weighted by atomic mass is 16.2. The predicted molar refractivity (Wildman–Crippen MR) is 164 cm³/mol. The third kappa shape index (κ3) is 3.73. The van der Waals surface area contributed by atoms with Gasteiger partial charge in [-0.05, 0) is 47.7 Å². The van der Waals surface area contributed by atoms with E-state index < -0.39 is 23.4 Å². The number of hydrogen-bond acceptors (Lipinski definition) is 4. The molecule has 7 rings (SSSR count). The summed E-state index contributed by atoms with van der Waals surface area (Å²) in [6, 6.07) is 29.3. The lowest BCUT2D eigenvalue weighted by Crippen LogP contribution is -2.49. The van der Waals surface area contributed by atoms with Gasteiger partial charge in [0.25, 0.3) is 0 Å². The van der Waals surface area contributed by atoms with E-state index in [1.165, 1.54) is 0 Å². The van der Waals surface area contributed by atoms with Crippen molar-refractivity contribution < 1.29 is 14.4 Å². The number of nitrogens with one attached hydrogen (secondary N) is 1. The summed E-state index contributed by atoms with van der Waals surface area (Å²) >= 11 is 0. The molecule has 1 fully saturated rings. The molecule has 0 bridgehead atoms. The highest BCUT2D eigenvalue weighted by molar-refractivity contribution is 6.16. The molecule has 3 aliphatic heterocycles. The minimum absolute atomic E-state index is 0.168. The van der Waals surface area contributed by atoms with E-state index in [1.807, 2.05) is 121 Å². The van der Waals surface area contributed by atoms with Gasteiger partial charge in [-0.2, -0.15) is 0 Å². The van der Waals surface area contributed by atoms with Crippen molar-refractivity contribution in [1.29, 1.82) is 0 Å². The van der Waals surface area contributed by atoms with Gasteiger partial charge >= 0.3 is 0 Å². The normalized spacial score (nSPS) is 23.3. The van der Waals surface area contributed by atoms with E-state index in [0.29, 0.717) is 16.8 Å². The van der Waals surface area contributed by atoms with Gasteiger partial charge in [0.1, 0.15) is 11.5 Å². The van der Waals surface area contributed by atoms with Crippen LogP contribution in [0.5, 0.6) is 0 Å². The summed E-state index contributed by atoms with van der Waals surface area (Å²) in [6.07, 6.45) is 5.83. The van der Waals surface area contributed by atoms with E-state index in [1.54, 1.807) is 0 Å². The molecule has 1 N–H and O–H groups in total. The van der Waals surface area contributed by atoms with Gasteiger partial charge in [0.15, 0.2) is 11.6 Å². The molecule has 4 aromatic rings. The molecule has 5 nitrogen and oxygen atoms in total. The van der Waals surface area contributed by atoms with Crippen LogP contribution in [-0.4, -0.2) is 28.4 Å². The Morgan fingerprint density at radius 3 is 2.26 bits per heavy atom. The van der Waals surface area contributed by atoms with Crippen LogP contribution in [0.1, 0.15) is 67.9 Å². The van der Waals surface area contributed by atoms with Crippen molar-refractivity contribution in [2.75, 3.05) is 5.32 Å². The lowest BCUT2D eigenvalue weighted by atomic mass is 9.62. The molecule has 0 radical (unpaired) electrons. The molecule has 0 aromatic heterocycles. The van der Waals surface area contributed by atoms with Crippen molar-refractivity contribution in [3.8, 4) is 0 Å². The Balaban J connectivity index is 1.50. The average molecular weight is 553 g/mol. The molecular formula is C37H32N2O3. The van der Waals surface area contributed by atoms with Crippen molar-refractivity contribution in [1.82, 2.24) is 4.90 Å². The zero-order chi connectivity index (χ0) is 29.0. The van der Waals surface area contributed by atoms with Crippen LogP contribution in [-0.2, 0) is 16.6 Å². The number of hydrogen-bond donors (Lipinski definition) is 1. The second-order valence-corrected chi connectivity index (χ2v) is 11.6. The van der Waals surface area contributed by atoms with E-state index in [9.17, 15) is 14.4 Å². The number of para-hydroxylation sites is 1. The van der Waals surface area contributed by atoms with Gasteiger partial charge in [0, 0.05) is 23.0 Å². The van der Waals surface area contributed by atoms with E-state index in [2.05, 4.69) is 12.2 Å². The van der Waals surface area contributed by atoms with E-state index in [0.717, 1.165) is 40.7 Å². The van der Waals surface area contributed by atoms with Gasteiger partial charge in [-0.3, -0.25) is 14.4 Å². The first kappa shape index (κ1) is 26.1. The van der Waals surface area contributed by atoms with Gasteiger partial charge in [0.05, 0.1) is 12.0 Å². The summed E-state index contributed by atoms with van der Waals surface area (Å²) in [5.41, 5.74) is 5.28. The summed E-state index contributed by atoms with van der Waals surface area (Å²) in [7, 11) is 0. The first-order valence-electron chi connectivity index (χ1n) is 14.6. The molecule has 1 amide bonds. The number of carbonyl (C=O) groups is 3. The molecule has 208 valence electrons. The van der Waals surface area contributed by atoms with Crippen LogP contribution >= 0.6 is 0 Å². The number of amides is 1. The number of nitrogens with zero attached hydrogens (tertiary/aromatic N) is 1. The van der Waals surface area contributed by atoms with E-state index >= 15 is 0 Å². The van der Waals surface area contributed by atoms with Crippen molar-refractivity contribution >= 4 is 29.2 Å². The van der Waals surface area contributed by atoms with Gasteiger partial charge in [0.2, 0.25) is 5.91 Å². The maximum Gasteiger partial charge on any atom is 0.238 e. The molecule has 4 atom stereocenters. The van der Waals surface area contributed by atoms with Crippen LogP contribution in [0.2, 0.25) is 0 Å². The Morgan fingerprint density at radius 2 is 1.50 bits per heavy atom. The standard InChI is InChI=1S/C37H32N2O3/c1-3-8-24-15-19-26(20-16-24)33(40)31-32(34(41)27-17-13-23(2)14-18-27)39-22-21-25-9-4-5-10-28(25)35(39)37(31)29-11-6-7-12-30(29)38-36(37)42/h4-7,9-22,31-32,35H,3,8H2,1-2H3,(H,38,42)/t31-,32+,35+,37-/m0/s1. The van der Waals surface area contributed by atoms with Crippen LogP contribution in [0.15, 0.2) is 103 Å². The molecule has 1 saturated heterocycles. The minimum Gasteiger partial charge on any atom is -0.358 e. The zero-order valence-electron chi connectivity index (χ0n) is 23.7. The number of Topliss-reactive ketones (excluding diaryl/α,β-unsaturated/α-hetero) is 2. The summed E-state index contributed by atoms with van der Waals surface area (Å²) in [5, 5.41) is 3.11. The lowest BCUT2D eigenvalue weighted by molar-refractivity contribution is -0.122. The molecule has 42 heavy (non-hydrogen) atoms. The van der Waals surface area contributed by atoms with Crippen molar-refractivity contribution in [2.45, 2.75) is 44.2 Å². The maximum absolute atomic E-state index is 14.9. The number of fused-ring (bicyclic) bond motifs is 6. The topological polar surface area (TPSA) is 66.5 Å². The summed E-state index contributed by atoms with van der Waals surface area (Å²) in [5.74, 6) is -1.58. The second-order valence-electron chi connectivity index (χ2n) is 11.6. The Kier molecular flexibility index (Phi) is 6.19. The van der Waals surface area contributed by atoms with Crippen LogP contribution in [0.3, 0.4) is 0 Å². The van der Waals surface area contributed by atoms with Gasteiger partial charge in [-0.1, -0.05) is 110 Å². The summed E-state index contributed by atoms with van der Waals surface area (Å²) in [4.78, 5) is 46.0. The molecule has 0 unspecified atom stereocenters. The monoisotopic (exact) mass is 552 g/mol. The van der Waals surface area contributed by atoms with Crippen LogP contribution in [0, 0.1) is 12.8 Å². The minimum atomic E-state index is -1.32. The number of anilines is 1. The fourth-order valence-corrected chi connectivity index (χ4v) is 7.36. The van der Waals surface area contributed by atoms with E-state index in [4.69, 9.17) is 0 Å². The molecule has 0 saturated carbocycles. The van der Waals surface area contributed by atoms with Crippen LogP contribution in [0.25, 0.3) is 6.08 Å². The largest absolute Gasteiger partial charge is 0.358 e. The second kappa shape index (κ2) is 9.95. The smallest absolute Gasteiger partial charge is 0.238 e. The third-order valence-corrected chi connectivity index (χ3v) is 9.23. The number of aryl methyl sites for hydroxylation is 2. The Morgan fingerprint density at radius 1 is 0.833 bits per heavy atom. The highest BCUT2D eigenvalue weighted by Crippen LogP contribution is 2.62. The fraction of sp³-hybridized carbons (Fsp3) is 0.216. The number of carbonyl (C=O) groups excluding carboxylic acids is 3. The first-order chi connectivity index (χ1) is 20.4. The highest BCUT2D eigenvalue weighted by Gasteiger charge is 2.70. The number of benzene rings is 4. The first-order valence-corrected chi connectivity index (χ1v) is 14.6. The SMILES string of the molecule is CCCc1ccc(C(=O)[C@@H]2[C@H](C(=O)c3ccc(C)cc3)N3C=Cc4ccccc4[C@@H]3[C@@]23C(=O)Nc2ccccc23)cc1. The van der Waals surface area contributed by atoms with Crippen molar-refractivity contribution in [2.24, 2.45) is 5.92 Å². The third-order valence-electron chi connectivity index (χ3n) is 9.23. The van der Waals surface area contributed by atoms with Gasteiger partial charge in [-0.25, -0.2) is 0 Å². The quantitative estimate of drug-likeness (QED) is 0.264. The number of rotatable bonds is 6. The Labute approximate surface area is 245 Å². The fourth-order valence-electron chi connectivity index (χ4n) is 7.36. The molecule has 3 aliphatic rings. The average Bonchev–Trinajstić information content (AvgIpc) is 3.49. The molecular weight excluding hydrogens is 520 g/mol. The lowest BCUT2D eigenvalue weighted by Gasteiger charge is -2.38. The van der Waals surface area contributed by atoms with Gasteiger partial charge in [-0.15, -0.1) is 0 Å². The van der Waals surface area contributed by atoms with Crippen LogP contribution in [0.4, 0.5) is 5.69 Å². The van der Waals surface area contributed by atoms with Crippen molar-refractivity contribution in [3.05, 3.63) is 142 Å². The van der Waals surface area contributed by atoms with Crippen LogP contribution < -0.4 is 5.32 Å². The Hall–Kier alpha value is -4.77. The maximum atomic E-state index is 14.9. The molecule has 1 spiro atoms. The van der Waals surface area contributed by atoms with Gasteiger partial charge < -0.3 is 10.2 Å². The van der Waals surface area contributed by atoms with E-state index in [-0.39, 0.29) is 17.5 Å². The van der Waals surface area contributed by atoms with Crippen molar-refractivity contribution in [3.63, 3.8) is 0 Å². The molecule has 5 heteroatoms. The predicted octanol–water partition coefficient (Wildman–Crippen LogP) is 6.93. The Bertz CT molecular complexity index is 1750. The molecule has 4 aromatic carbocycles. The zero-order valence-corrected chi connectivity index (χ0v) is 23.7. The summed E-state index contributed by atoms with van der Waals surface area (Å²) < 4.78 is 0. The molecule has 0 aliphatic carbocycles.